The number of rotatable bonds is 7. The van der Waals surface area contributed by atoms with Crippen LogP contribution in [0.15, 0.2) is 54.6 Å². The Bertz CT molecular complexity index is 626. The molecule has 1 heteroatoms. The molecule has 2 aliphatic rings. The lowest BCUT2D eigenvalue weighted by Gasteiger charge is -2.33. The van der Waals surface area contributed by atoms with Gasteiger partial charge in [-0.1, -0.05) is 60.2 Å². The van der Waals surface area contributed by atoms with E-state index in [0.29, 0.717) is 6.04 Å². The molecule has 0 radical (unpaired) electrons. The minimum absolute atomic E-state index is 0.414. The fraction of sp³-hybridized carbons (Fsp3) is 0.455. The van der Waals surface area contributed by atoms with Crippen molar-refractivity contribution in [3.05, 3.63) is 71.3 Å². The zero-order valence-corrected chi connectivity index (χ0v) is 14.1. The highest BCUT2D eigenvalue weighted by Crippen LogP contribution is 2.39. The van der Waals surface area contributed by atoms with Crippen molar-refractivity contribution in [3.8, 4) is 0 Å². The Morgan fingerprint density at radius 2 is 1.43 bits per heavy atom. The molecule has 1 nitrogen and oxygen atoms in total. The molecule has 0 heterocycles. The second-order valence-electron chi connectivity index (χ2n) is 7.57. The molecule has 120 valence electrons. The summed E-state index contributed by atoms with van der Waals surface area (Å²) in [6, 6.07) is 20.6. The molecule has 23 heavy (non-hydrogen) atoms. The molecule has 0 saturated heterocycles. The van der Waals surface area contributed by atoms with Crippen LogP contribution >= 0.6 is 0 Å². The highest BCUT2D eigenvalue weighted by atomic mass is 15.2. The molecule has 2 aromatic rings. The molecule has 0 spiro atoms. The van der Waals surface area contributed by atoms with Crippen LogP contribution in [0.3, 0.4) is 0 Å². The standard InChI is InChI=1S/C22H27N/c1-17-6-5-9-21(14-17)22(20-7-3-2-4-8-20)23(15-18-10-11-18)16-19-12-13-19/h2-9,14,18-19,22H,10-13,15-16H2,1H3. The molecule has 4 rings (SSSR count). The number of benzene rings is 2. The Balaban J connectivity index is 1.69. The van der Waals surface area contributed by atoms with Gasteiger partial charge in [-0.2, -0.15) is 0 Å². The summed E-state index contributed by atoms with van der Waals surface area (Å²) >= 11 is 0. The van der Waals surface area contributed by atoms with E-state index in [1.807, 2.05) is 0 Å². The number of nitrogens with zero attached hydrogens (tertiary/aromatic N) is 1. The molecule has 2 aromatic carbocycles. The van der Waals surface area contributed by atoms with Crippen LogP contribution in [0, 0.1) is 18.8 Å². The third-order valence-corrected chi connectivity index (χ3v) is 5.22. The average Bonchev–Trinajstić information content (AvgIpc) is 3.45. The SMILES string of the molecule is Cc1cccc(C(c2ccccc2)N(CC2CC2)CC2CC2)c1. The van der Waals surface area contributed by atoms with Crippen molar-refractivity contribution in [2.24, 2.45) is 11.8 Å². The lowest BCUT2D eigenvalue weighted by atomic mass is 9.95. The lowest BCUT2D eigenvalue weighted by molar-refractivity contribution is 0.207. The van der Waals surface area contributed by atoms with Crippen LogP contribution in [0.2, 0.25) is 0 Å². The number of aryl methyl sites for hydroxylation is 1. The van der Waals surface area contributed by atoms with Crippen molar-refractivity contribution < 1.29 is 0 Å². The third-order valence-electron chi connectivity index (χ3n) is 5.22. The molecule has 0 N–H and O–H groups in total. The van der Waals surface area contributed by atoms with Crippen molar-refractivity contribution in [1.29, 1.82) is 0 Å². The van der Waals surface area contributed by atoms with E-state index in [1.165, 1.54) is 55.5 Å². The topological polar surface area (TPSA) is 3.24 Å². The van der Waals surface area contributed by atoms with Gasteiger partial charge in [-0.25, -0.2) is 0 Å². The average molecular weight is 305 g/mol. The highest BCUT2D eigenvalue weighted by molar-refractivity contribution is 5.34. The van der Waals surface area contributed by atoms with E-state index in [2.05, 4.69) is 66.4 Å². The van der Waals surface area contributed by atoms with Crippen LogP contribution in [0.5, 0.6) is 0 Å². The van der Waals surface area contributed by atoms with E-state index in [1.54, 1.807) is 0 Å². The summed E-state index contributed by atoms with van der Waals surface area (Å²) in [6.07, 6.45) is 5.71. The molecule has 1 unspecified atom stereocenters. The molecule has 0 bridgehead atoms. The van der Waals surface area contributed by atoms with Gasteiger partial charge < -0.3 is 0 Å². The zero-order valence-electron chi connectivity index (χ0n) is 14.1. The van der Waals surface area contributed by atoms with E-state index >= 15 is 0 Å². The highest BCUT2D eigenvalue weighted by Gasteiger charge is 2.33. The van der Waals surface area contributed by atoms with Gasteiger partial charge in [0.15, 0.2) is 0 Å². The zero-order chi connectivity index (χ0) is 15.6. The molecule has 1 atom stereocenters. The molecular weight excluding hydrogens is 278 g/mol. The maximum atomic E-state index is 2.78. The fourth-order valence-corrected chi connectivity index (χ4v) is 3.64. The maximum absolute atomic E-state index is 2.78. The van der Waals surface area contributed by atoms with Crippen LogP contribution in [0.1, 0.15) is 48.4 Å². The molecule has 2 saturated carbocycles. The van der Waals surface area contributed by atoms with Gasteiger partial charge in [-0.05, 0) is 55.6 Å². The van der Waals surface area contributed by atoms with Crippen LogP contribution in [-0.2, 0) is 0 Å². The molecule has 2 aliphatic carbocycles. The summed E-state index contributed by atoms with van der Waals surface area (Å²) in [5, 5.41) is 0. The molecular formula is C22H27N. The van der Waals surface area contributed by atoms with E-state index in [0.717, 1.165) is 11.8 Å². The van der Waals surface area contributed by atoms with Crippen molar-refractivity contribution in [2.45, 2.75) is 38.6 Å². The molecule has 2 fully saturated rings. The van der Waals surface area contributed by atoms with Gasteiger partial charge in [0.2, 0.25) is 0 Å². The summed E-state index contributed by atoms with van der Waals surface area (Å²) in [5.74, 6) is 1.87. The van der Waals surface area contributed by atoms with Gasteiger partial charge in [0.05, 0.1) is 6.04 Å². The van der Waals surface area contributed by atoms with E-state index in [4.69, 9.17) is 0 Å². The first-order chi connectivity index (χ1) is 11.3. The predicted octanol–water partition coefficient (Wildman–Crippen LogP) is 5.21. The summed E-state index contributed by atoms with van der Waals surface area (Å²) in [7, 11) is 0. The fourth-order valence-electron chi connectivity index (χ4n) is 3.64. The quantitative estimate of drug-likeness (QED) is 0.679. The normalized spacial score (nSPS) is 19.0. The van der Waals surface area contributed by atoms with Crippen LogP contribution in [0.4, 0.5) is 0 Å². The van der Waals surface area contributed by atoms with Crippen molar-refractivity contribution in [2.75, 3.05) is 13.1 Å². The maximum Gasteiger partial charge on any atom is 0.0602 e. The van der Waals surface area contributed by atoms with E-state index < -0.39 is 0 Å². The van der Waals surface area contributed by atoms with Crippen molar-refractivity contribution >= 4 is 0 Å². The van der Waals surface area contributed by atoms with Gasteiger partial charge in [0.1, 0.15) is 0 Å². The minimum atomic E-state index is 0.414. The first-order valence-electron chi connectivity index (χ1n) is 9.15. The monoisotopic (exact) mass is 305 g/mol. The van der Waals surface area contributed by atoms with E-state index in [9.17, 15) is 0 Å². The van der Waals surface area contributed by atoms with Gasteiger partial charge >= 0.3 is 0 Å². The first-order valence-corrected chi connectivity index (χ1v) is 9.15. The molecule has 0 aromatic heterocycles. The smallest absolute Gasteiger partial charge is 0.0602 e. The second-order valence-corrected chi connectivity index (χ2v) is 7.57. The van der Waals surface area contributed by atoms with Crippen LogP contribution in [0.25, 0.3) is 0 Å². The van der Waals surface area contributed by atoms with Gasteiger partial charge in [-0.15, -0.1) is 0 Å². The minimum Gasteiger partial charge on any atom is -0.292 e. The largest absolute Gasteiger partial charge is 0.292 e. The summed E-state index contributed by atoms with van der Waals surface area (Å²) < 4.78 is 0. The Morgan fingerprint density at radius 1 is 0.826 bits per heavy atom. The van der Waals surface area contributed by atoms with Crippen molar-refractivity contribution in [1.82, 2.24) is 4.90 Å². The van der Waals surface area contributed by atoms with Crippen molar-refractivity contribution in [3.63, 3.8) is 0 Å². The second kappa shape index (κ2) is 6.49. The number of hydrogen-bond donors (Lipinski definition) is 0. The third kappa shape index (κ3) is 3.84. The Hall–Kier alpha value is -1.60. The van der Waals surface area contributed by atoms with Gasteiger partial charge in [0.25, 0.3) is 0 Å². The van der Waals surface area contributed by atoms with E-state index in [-0.39, 0.29) is 0 Å². The van der Waals surface area contributed by atoms with Gasteiger partial charge in [-0.3, -0.25) is 4.90 Å². The van der Waals surface area contributed by atoms with Crippen LogP contribution in [-0.4, -0.2) is 18.0 Å². The molecule has 0 amide bonds. The first kappa shape index (κ1) is 15.0. The Morgan fingerprint density at radius 3 is 2.00 bits per heavy atom. The molecule has 0 aliphatic heterocycles. The predicted molar refractivity (Wildman–Crippen MR) is 96.5 cm³/mol. The Labute approximate surface area is 140 Å². The summed E-state index contributed by atoms with van der Waals surface area (Å²) in [6.45, 7) is 4.74. The summed E-state index contributed by atoms with van der Waals surface area (Å²) in [5.41, 5.74) is 4.26. The Kier molecular flexibility index (Phi) is 4.22. The lowest BCUT2D eigenvalue weighted by Crippen LogP contribution is -2.33. The summed E-state index contributed by atoms with van der Waals surface area (Å²) in [4.78, 5) is 2.78. The number of hydrogen-bond acceptors (Lipinski definition) is 1. The van der Waals surface area contributed by atoms with Gasteiger partial charge in [0, 0.05) is 13.1 Å². The van der Waals surface area contributed by atoms with Crippen LogP contribution < -0.4 is 0 Å².